The minimum atomic E-state index is -4.58. The lowest BCUT2D eigenvalue weighted by Gasteiger charge is -2.26. The van der Waals surface area contributed by atoms with Gasteiger partial charge < -0.3 is 10.1 Å². The molecule has 0 unspecified atom stereocenters. The highest BCUT2D eigenvalue weighted by Gasteiger charge is 2.34. The summed E-state index contributed by atoms with van der Waals surface area (Å²) in [5.41, 5.74) is -1.08. The van der Waals surface area contributed by atoms with Crippen LogP contribution in [0.4, 0.5) is 13.2 Å². The van der Waals surface area contributed by atoms with Crippen LogP contribution in [0.15, 0.2) is 18.2 Å². The van der Waals surface area contributed by atoms with Gasteiger partial charge in [0, 0.05) is 5.56 Å². The molecule has 1 saturated heterocycles. The molecule has 0 aliphatic carbocycles. The van der Waals surface area contributed by atoms with Crippen molar-refractivity contribution < 1.29 is 22.7 Å². The number of nitrogens with one attached hydrogen (secondary N) is 1. The van der Waals surface area contributed by atoms with E-state index in [0.29, 0.717) is 13.2 Å². The van der Waals surface area contributed by atoms with Gasteiger partial charge in [0.25, 0.3) is 5.91 Å². The molecular formula is C11H9ClF3NO2. The van der Waals surface area contributed by atoms with Crippen LogP contribution >= 0.6 is 11.6 Å². The van der Waals surface area contributed by atoms with E-state index in [-0.39, 0.29) is 11.6 Å². The van der Waals surface area contributed by atoms with Crippen LogP contribution in [0.1, 0.15) is 15.9 Å². The number of carbonyl (C=O) groups is 1. The maximum atomic E-state index is 12.6. The first-order valence-electron chi connectivity index (χ1n) is 5.13. The zero-order chi connectivity index (χ0) is 13.3. The number of carbonyl (C=O) groups excluding carboxylic acids is 1. The summed E-state index contributed by atoms with van der Waals surface area (Å²) in [6, 6.07) is 2.93. The van der Waals surface area contributed by atoms with Crippen molar-refractivity contribution >= 4 is 17.5 Å². The Morgan fingerprint density at radius 1 is 1.39 bits per heavy atom. The summed E-state index contributed by atoms with van der Waals surface area (Å²) < 4.78 is 42.6. The van der Waals surface area contributed by atoms with Crippen molar-refractivity contribution in [1.29, 1.82) is 0 Å². The Kier molecular flexibility index (Phi) is 3.49. The largest absolute Gasteiger partial charge is 0.417 e. The van der Waals surface area contributed by atoms with Crippen LogP contribution in [0, 0.1) is 0 Å². The molecule has 98 valence electrons. The van der Waals surface area contributed by atoms with Gasteiger partial charge in [-0.25, -0.2) is 0 Å². The summed E-state index contributed by atoms with van der Waals surface area (Å²) in [5.74, 6) is -0.564. The SMILES string of the molecule is O=C(NC1COC1)c1ccc(Cl)c(C(F)(F)F)c1. The Morgan fingerprint density at radius 2 is 2.06 bits per heavy atom. The molecule has 7 heteroatoms. The highest BCUT2D eigenvalue weighted by atomic mass is 35.5. The van der Waals surface area contributed by atoms with Crippen LogP contribution in [0.3, 0.4) is 0 Å². The first-order chi connectivity index (χ1) is 8.38. The number of hydrogen-bond donors (Lipinski definition) is 1. The summed E-state index contributed by atoms with van der Waals surface area (Å²) in [4.78, 5) is 11.7. The lowest BCUT2D eigenvalue weighted by atomic mass is 10.1. The van der Waals surface area contributed by atoms with E-state index >= 15 is 0 Å². The highest BCUT2D eigenvalue weighted by molar-refractivity contribution is 6.31. The molecule has 0 bridgehead atoms. The van der Waals surface area contributed by atoms with Gasteiger partial charge in [0.1, 0.15) is 0 Å². The molecule has 1 aliphatic heterocycles. The fourth-order valence-electron chi connectivity index (χ4n) is 1.47. The number of hydrogen-bond acceptors (Lipinski definition) is 2. The molecule has 0 aromatic heterocycles. The van der Waals surface area contributed by atoms with E-state index in [1.54, 1.807) is 0 Å². The molecule has 1 heterocycles. The molecular weight excluding hydrogens is 271 g/mol. The fraction of sp³-hybridized carbons (Fsp3) is 0.364. The summed E-state index contributed by atoms with van der Waals surface area (Å²) in [7, 11) is 0. The molecule has 1 amide bonds. The zero-order valence-corrected chi connectivity index (χ0v) is 9.81. The molecule has 1 N–H and O–H groups in total. The third-order valence-corrected chi connectivity index (χ3v) is 2.84. The molecule has 1 aliphatic rings. The number of rotatable bonds is 2. The average Bonchev–Trinajstić information content (AvgIpc) is 2.22. The summed E-state index contributed by atoms with van der Waals surface area (Å²) in [6.07, 6.45) is -4.58. The van der Waals surface area contributed by atoms with Crippen molar-refractivity contribution in [3.05, 3.63) is 34.3 Å². The summed E-state index contributed by atoms with van der Waals surface area (Å²) in [5, 5.41) is 2.13. The number of benzene rings is 1. The zero-order valence-electron chi connectivity index (χ0n) is 9.05. The summed E-state index contributed by atoms with van der Waals surface area (Å²) >= 11 is 5.46. The minimum absolute atomic E-state index is 0.0707. The van der Waals surface area contributed by atoms with Gasteiger partial charge in [-0.1, -0.05) is 11.6 Å². The van der Waals surface area contributed by atoms with Gasteiger partial charge in [-0.3, -0.25) is 4.79 Å². The molecule has 2 rings (SSSR count). The number of halogens is 4. The van der Waals surface area contributed by atoms with Crippen molar-refractivity contribution in [1.82, 2.24) is 5.32 Å². The molecule has 1 fully saturated rings. The van der Waals surface area contributed by atoms with Crippen molar-refractivity contribution in [3.8, 4) is 0 Å². The Bertz CT molecular complexity index is 472. The van der Waals surface area contributed by atoms with Crippen LogP contribution in [-0.2, 0) is 10.9 Å². The number of alkyl halides is 3. The maximum absolute atomic E-state index is 12.6. The lowest BCUT2D eigenvalue weighted by molar-refractivity contribution is -0.137. The molecule has 0 spiro atoms. The molecule has 0 saturated carbocycles. The third kappa shape index (κ3) is 2.76. The van der Waals surface area contributed by atoms with Crippen molar-refractivity contribution in [2.75, 3.05) is 13.2 Å². The average molecular weight is 280 g/mol. The van der Waals surface area contributed by atoms with Gasteiger partial charge in [-0.2, -0.15) is 13.2 Å². The second-order valence-corrected chi connectivity index (χ2v) is 4.31. The van der Waals surface area contributed by atoms with E-state index in [2.05, 4.69) is 5.32 Å². The van der Waals surface area contributed by atoms with Gasteiger partial charge in [0.15, 0.2) is 0 Å². The Hall–Kier alpha value is -1.27. The summed E-state index contributed by atoms with van der Waals surface area (Å²) in [6.45, 7) is 0.761. The van der Waals surface area contributed by atoms with Gasteiger partial charge in [0.2, 0.25) is 0 Å². The van der Waals surface area contributed by atoms with Gasteiger partial charge in [-0.05, 0) is 18.2 Å². The standard InChI is InChI=1S/C11H9ClF3NO2/c12-9-2-1-6(3-8(9)11(13,14)15)10(17)16-7-4-18-5-7/h1-3,7H,4-5H2,(H,16,17). The van der Waals surface area contributed by atoms with E-state index < -0.39 is 22.7 Å². The predicted molar refractivity (Wildman–Crippen MR) is 58.5 cm³/mol. The first-order valence-corrected chi connectivity index (χ1v) is 5.51. The van der Waals surface area contributed by atoms with Gasteiger partial charge >= 0.3 is 6.18 Å². The topological polar surface area (TPSA) is 38.3 Å². The van der Waals surface area contributed by atoms with Gasteiger partial charge in [0.05, 0.1) is 29.8 Å². The van der Waals surface area contributed by atoms with E-state index in [9.17, 15) is 18.0 Å². The molecule has 1 aromatic carbocycles. The third-order valence-electron chi connectivity index (χ3n) is 2.51. The predicted octanol–water partition coefficient (Wildman–Crippen LogP) is 2.49. The van der Waals surface area contributed by atoms with Crippen LogP contribution in [0.2, 0.25) is 5.02 Å². The Morgan fingerprint density at radius 3 is 2.56 bits per heavy atom. The lowest BCUT2D eigenvalue weighted by Crippen LogP contribution is -2.48. The van der Waals surface area contributed by atoms with Crippen LogP contribution in [0.25, 0.3) is 0 Å². The Labute approximate surface area is 106 Å². The van der Waals surface area contributed by atoms with E-state index in [1.165, 1.54) is 6.07 Å². The fourth-order valence-corrected chi connectivity index (χ4v) is 1.70. The minimum Gasteiger partial charge on any atom is -0.377 e. The van der Waals surface area contributed by atoms with Gasteiger partial charge in [-0.15, -0.1) is 0 Å². The smallest absolute Gasteiger partial charge is 0.377 e. The second kappa shape index (κ2) is 4.78. The van der Waals surface area contributed by atoms with E-state index in [1.807, 2.05) is 0 Å². The number of amides is 1. The monoisotopic (exact) mass is 279 g/mol. The van der Waals surface area contributed by atoms with Crippen LogP contribution < -0.4 is 5.32 Å². The molecule has 0 radical (unpaired) electrons. The highest BCUT2D eigenvalue weighted by Crippen LogP contribution is 2.35. The first kappa shape index (κ1) is 13.2. The van der Waals surface area contributed by atoms with Crippen LogP contribution in [0.5, 0.6) is 0 Å². The molecule has 3 nitrogen and oxygen atoms in total. The van der Waals surface area contributed by atoms with Crippen molar-refractivity contribution in [2.45, 2.75) is 12.2 Å². The van der Waals surface area contributed by atoms with Crippen LogP contribution in [-0.4, -0.2) is 25.2 Å². The Balaban J connectivity index is 2.20. The van der Waals surface area contributed by atoms with Crippen molar-refractivity contribution in [3.63, 3.8) is 0 Å². The van der Waals surface area contributed by atoms with E-state index in [4.69, 9.17) is 16.3 Å². The normalized spacial score (nSPS) is 16.2. The van der Waals surface area contributed by atoms with Crippen molar-refractivity contribution in [2.24, 2.45) is 0 Å². The second-order valence-electron chi connectivity index (χ2n) is 3.90. The molecule has 1 aromatic rings. The maximum Gasteiger partial charge on any atom is 0.417 e. The quantitative estimate of drug-likeness (QED) is 0.903. The molecule has 0 atom stereocenters. The molecule has 18 heavy (non-hydrogen) atoms. The van der Waals surface area contributed by atoms with E-state index in [0.717, 1.165) is 12.1 Å². The number of ether oxygens (including phenoxy) is 1.